The standard InChI is InChI=1S/C6H7F3N2/c1-4-5(7)2-10-11(4)3-6(8)9/h2,6H,3H2,1H3. The highest BCUT2D eigenvalue weighted by Gasteiger charge is 2.09. The molecule has 5 heteroatoms. The van der Waals surface area contributed by atoms with Crippen LogP contribution in [0.15, 0.2) is 6.20 Å². The van der Waals surface area contributed by atoms with Crippen LogP contribution >= 0.6 is 0 Å². The van der Waals surface area contributed by atoms with Gasteiger partial charge >= 0.3 is 0 Å². The first-order valence-corrected chi connectivity index (χ1v) is 3.07. The average Bonchev–Trinajstić information content (AvgIpc) is 2.18. The summed E-state index contributed by atoms with van der Waals surface area (Å²) in [6, 6.07) is 0. The summed E-state index contributed by atoms with van der Waals surface area (Å²) in [6.07, 6.45) is -1.56. The van der Waals surface area contributed by atoms with Gasteiger partial charge in [0.25, 0.3) is 6.43 Å². The van der Waals surface area contributed by atoms with E-state index in [1.165, 1.54) is 6.92 Å². The Balaban J connectivity index is 2.79. The van der Waals surface area contributed by atoms with E-state index in [0.29, 0.717) is 0 Å². The van der Waals surface area contributed by atoms with E-state index in [-0.39, 0.29) is 5.69 Å². The van der Waals surface area contributed by atoms with Crippen molar-refractivity contribution in [3.63, 3.8) is 0 Å². The molecule has 0 bridgehead atoms. The number of alkyl halides is 2. The van der Waals surface area contributed by atoms with Gasteiger partial charge in [0.1, 0.15) is 6.54 Å². The van der Waals surface area contributed by atoms with Crippen LogP contribution in [0.4, 0.5) is 13.2 Å². The summed E-state index contributed by atoms with van der Waals surface area (Å²) < 4.78 is 36.9. The van der Waals surface area contributed by atoms with E-state index >= 15 is 0 Å². The van der Waals surface area contributed by atoms with E-state index in [0.717, 1.165) is 10.9 Å². The Morgan fingerprint density at radius 1 is 1.64 bits per heavy atom. The summed E-state index contributed by atoms with van der Waals surface area (Å²) in [6.45, 7) is 0.862. The zero-order valence-corrected chi connectivity index (χ0v) is 5.89. The molecule has 0 fully saturated rings. The molecule has 11 heavy (non-hydrogen) atoms. The summed E-state index contributed by atoms with van der Waals surface area (Å²) in [7, 11) is 0. The average molecular weight is 164 g/mol. The van der Waals surface area contributed by atoms with Crippen molar-refractivity contribution in [2.24, 2.45) is 0 Å². The lowest BCUT2D eigenvalue weighted by atomic mass is 10.4. The normalized spacial score (nSPS) is 11.0. The minimum atomic E-state index is -2.49. The summed E-state index contributed by atoms with van der Waals surface area (Å²) in [5, 5.41) is 3.42. The van der Waals surface area contributed by atoms with Crippen LogP contribution in [0.25, 0.3) is 0 Å². The van der Waals surface area contributed by atoms with E-state index in [1.807, 2.05) is 0 Å². The van der Waals surface area contributed by atoms with Crippen molar-refractivity contribution in [3.05, 3.63) is 17.7 Å². The number of nitrogens with zero attached hydrogens (tertiary/aromatic N) is 2. The lowest BCUT2D eigenvalue weighted by Gasteiger charge is -2.01. The molecule has 0 N–H and O–H groups in total. The molecule has 0 amide bonds. The lowest BCUT2D eigenvalue weighted by Crippen LogP contribution is -2.09. The molecule has 0 aliphatic carbocycles. The fourth-order valence-electron chi connectivity index (χ4n) is 0.738. The third kappa shape index (κ3) is 1.72. The van der Waals surface area contributed by atoms with Crippen molar-refractivity contribution < 1.29 is 13.2 Å². The minimum Gasteiger partial charge on any atom is -0.261 e. The van der Waals surface area contributed by atoms with Gasteiger partial charge in [0.05, 0.1) is 11.9 Å². The second-order valence-electron chi connectivity index (χ2n) is 2.15. The van der Waals surface area contributed by atoms with E-state index < -0.39 is 18.8 Å². The van der Waals surface area contributed by atoms with Crippen molar-refractivity contribution in [1.29, 1.82) is 0 Å². The van der Waals surface area contributed by atoms with Gasteiger partial charge in [-0.05, 0) is 6.92 Å². The predicted octanol–water partition coefficient (Wildman–Crippen LogP) is 1.60. The van der Waals surface area contributed by atoms with Gasteiger partial charge in [-0.2, -0.15) is 5.10 Å². The molecule has 1 rings (SSSR count). The van der Waals surface area contributed by atoms with Crippen molar-refractivity contribution in [3.8, 4) is 0 Å². The Morgan fingerprint density at radius 3 is 2.64 bits per heavy atom. The van der Waals surface area contributed by atoms with Crippen molar-refractivity contribution >= 4 is 0 Å². The summed E-state index contributed by atoms with van der Waals surface area (Å²) in [5.74, 6) is -0.550. The predicted molar refractivity (Wildman–Crippen MR) is 32.9 cm³/mol. The molecule has 1 heterocycles. The van der Waals surface area contributed by atoms with E-state index in [2.05, 4.69) is 5.10 Å². The molecule has 0 aliphatic rings. The van der Waals surface area contributed by atoms with Crippen LogP contribution in [0.1, 0.15) is 5.69 Å². The molecule has 1 aromatic rings. The number of halogens is 3. The fraction of sp³-hybridized carbons (Fsp3) is 0.500. The first-order valence-electron chi connectivity index (χ1n) is 3.07. The van der Waals surface area contributed by atoms with Crippen molar-refractivity contribution in [2.45, 2.75) is 19.9 Å². The van der Waals surface area contributed by atoms with Crippen LogP contribution in [0.3, 0.4) is 0 Å². The van der Waals surface area contributed by atoms with Gasteiger partial charge in [-0.15, -0.1) is 0 Å². The van der Waals surface area contributed by atoms with Crippen LogP contribution in [-0.4, -0.2) is 16.2 Å². The maximum Gasteiger partial charge on any atom is 0.257 e. The Morgan fingerprint density at radius 2 is 2.27 bits per heavy atom. The van der Waals surface area contributed by atoms with Crippen LogP contribution in [0, 0.1) is 12.7 Å². The molecule has 0 saturated carbocycles. The molecule has 2 nitrogen and oxygen atoms in total. The smallest absolute Gasteiger partial charge is 0.257 e. The number of hydrogen-bond donors (Lipinski definition) is 0. The summed E-state index contributed by atoms with van der Waals surface area (Å²) >= 11 is 0. The molecule has 0 saturated heterocycles. The Hall–Kier alpha value is -1.00. The SMILES string of the molecule is Cc1c(F)cnn1CC(F)F. The highest BCUT2D eigenvalue weighted by Crippen LogP contribution is 2.06. The molecule has 0 spiro atoms. The molecular weight excluding hydrogens is 157 g/mol. The van der Waals surface area contributed by atoms with E-state index in [4.69, 9.17) is 0 Å². The monoisotopic (exact) mass is 164 g/mol. The molecule has 1 aromatic heterocycles. The van der Waals surface area contributed by atoms with Crippen LogP contribution < -0.4 is 0 Å². The minimum absolute atomic E-state index is 0.144. The molecule has 0 aromatic carbocycles. The number of rotatable bonds is 2. The van der Waals surface area contributed by atoms with Crippen LogP contribution in [0.2, 0.25) is 0 Å². The highest BCUT2D eigenvalue weighted by atomic mass is 19.3. The summed E-state index contributed by atoms with van der Waals surface area (Å²) in [5.41, 5.74) is 0.144. The van der Waals surface area contributed by atoms with Gasteiger partial charge in [-0.25, -0.2) is 13.2 Å². The maximum absolute atomic E-state index is 12.5. The van der Waals surface area contributed by atoms with E-state index in [9.17, 15) is 13.2 Å². The van der Waals surface area contributed by atoms with Crippen molar-refractivity contribution in [1.82, 2.24) is 9.78 Å². The zero-order chi connectivity index (χ0) is 8.43. The van der Waals surface area contributed by atoms with Gasteiger partial charge in [0.15, 0.2) is 5.82 Å². The second-order valence-corrected chi connectivity index (χ2v) is 2.15. The first-order chi connectivity index (χ1) is 5.11. The van der Waals surface area contributed by atoms with Gasteiger partial charge in [0.2, 0.25) is 0 Å². The number of hydrogen-bond acceptors (Lipinski definition) is 1. The second kappa shape index (κ2) is 2.94. The lowest BCUT2D eigenvalue weighted by molar-refractivity contribution is 0.121. The molecule has 0 aliphatic heterocycles. The third-order valence-corrected chi connectivity index (χ3v) is 1.35. The highest BCUT2D eigenvalue weighted by molar-refractivity contribution is 5.00. The molecular formula is C6H7F3N2. The van der Waals surface area contributed by atoms with Gasteiger partial charge in [0, 0.05) is 0 Å². The fourth-order valence-corrected chi connectivity index (χ4v) is 0.738. The Labute approximate surface area is 61.6 Å². The number of aromatic nitrogens is 2. The van der Waals surface area contributed by atoms with Crippen molar-refractivity contribution in [2.75, 3.05) is 0 Å². The molecule has 0 atom stereocenters. The first kappa shape index (κ1) is 8.10. The van der Waals surface area contributed by atoms with Crippen LogP contribution in [-0.2, 0) is 6.54 Å². The largest absolute Gasteiger partial charge is 0.261 e. The van der Waals surface area contributed by atoms with E-state index in [1.54, 1.807) is 0 Å². The molecule has 0 unspecified atom stereocenters. The van der Waals surface area contributed by atoms with Gasteiger partial charge in [-0.1, -0.05) is 0 Å². The topological polar surface area (TPSA) is 17.8 Å². The summed E-state index contributed by atoms with van der Waals surface area (Å²) in [4.78, 5) is 0. The molecule has 62 valence electrons. The maximum atomic E-state index is 12.5. The Bertz CT molecular complexity index is 244. The zero-order valence-electron chi connectivity index (χ0n) is 5.89. The Kier molecular flexibility index (Phi) is 2.16. The van der Waals surface area contributed by atoms with Crippen LogP contribution in [0.5, 0.6) is 0 Å². The molecule has 0 radical (unpaired) electrons. The van der Waals surface area contributed by atoms with Gasteiger partial charge < -0.3 is 0 Å². The quantitative estimate of drug-likeness (QED) is 0.649. The van der Waals surface area contributed by atoms with Gasteiger partial charge in [-0.3, -0.25) is 4.68 Å². The third-order valence-electron chi connectivity index (χ3n) is 1.35.